The average Bonchev–Trinajstić information content (AvgIpc) is 3.92. The zero-order valence-corrected chi connectivity index (χ0v) is 31.8. The predicted octanol–water partition coefficient (Wildman–Crippen LogP) is 4.29. The number of primary amides is 2. The second kappa shape index (κ2) is 22.4. The molecule has 2 saturated heterocycles. The van der Waals surface area contributed by atoms with Gasteiger partial charge in [-0.25, -0.2) is 4.79 Å². The third-order valence-corrected chi connectivity index (χ3v) is 10.7. The highest BCUT2D eigenvalue weighted by atomic mass is 19.1. The van der Waals surface area contributed by atoms with Gasteiger partial charge in [0.05, 0.1) is 43.4 Å². The van der Waals surface area contributed by atoms with Crippen LogP contribution in [-0.2, 0) is 19.2 Å². The smallest absolute Gasteiger partial charge is 0.394 e. The Balaban J connectivity index is 0.000000237. The molecular formula is C39H57FN8O7. The molecule has 4 aliphatic rings. The largest absolute Gasteiger partial charge is 0.474 e. The molecule has 4 fully saturated rings. The summed E-state index contributed by atoms with van der Waals surface area (Å²) < 4.78 is 15.5. The summed E-state index contributed by atoms with van der Waals surface area (Å²) in [4.78, 5) is 77.5. The van der Waals surface area contributed by atoms with Gasteiger partial charge in [-0.3, -0.25) is 38.3 Å². The first kappa shape index (κ1) is 42.7. The molecule has 302 valence electrons. The quantitative estimate of drug-likeness (QED) is 0.228. The van der Waals surface area contributed by atoms with Gasteiger partial charge in [0.15, 0.2) is 0 Å². The summed E-state index contributed by atoms with van der Waals surface area (Å²) in [7, 11) is -1.00. The predicted molar refractivity (Wildman–Crippen MR) is 205 cm³/mol. The van der Waals surface area contributed by atoms with Crippen LogP contribution in [0.4, 0.5) is 15.8 Å². The number of pyridine rings is 2. The molecule has 2 saturated carbocycles. The normalized spacial score (nSPS) is 22.5. The molecule has 2 unspecified atom stereocenters. The lowest BCUT2D eigenvalue weighted by molar-refractivity contribution is -0.147. The SMILES string of the molecule is CC1CCC(C2CCCC2)NC1.C[C@H]1CC[C@H](C2CCCC2)N(C(=O)C(=O)Nc2cncc(C(N)=O)c2)C1.NC(=O)c1cncc(NC(=O)C(=O)O)c1.[2H]CF. The Bertz CT molecular complexity index is 1630. The number of aromatic nitrogens is 2. The van der Waals surface area contributed by atoms with Gasteiger partial charge in [0.25, 0.3) is 0 Å². The Hall–Kier alpha value is -4.99. The number of carboxylic acid groups (broad SMARTS) is 1. The fraction of sp³-hybridized carbons (Fsp3) is 0.590. The summed E-state index contributed by atoms with van der Waals surface area (Å²) in [5.74, 6) is -2.54. The van der Waals surface area contributed by atoms with Crippen molar-refractivity contribution in [3.63, 3.8) is 0 Å². The highest BCUT2D eigenvalue weighted by Crippen LogP contribution is 2.36. The Morgan fingerprint density at radius 2 is 1.25 bits per heavy atom. The standard InChI is InChI=1S/C19H26N4O3.C11H21N.C8H7N3O4.CH3F/c1-12-6-7-16(13-4-2-3-5-13)23(11-12)19(26)18(25)22-15-8-14(17(20)24)9-21-10-15;1-9-6-7-11(12-8-9)10-4-2-3-5-10;9-6(12)4-1-5(3-10-2-4)11-7(13)8(14)15;1-2/h8-10,12-13,16H,2-7,11H2,1H3,(H2,20,24)(H,22,25);9-12H,2-8H2,1H3;1-3H,(H2,9,12)(H,11,13)(H,14,15);1H3/t12-,16+;;;/m0.../s1/i;;;1D. The van der Waals surface area contributed by atoms with E-state index in [2.05, 4.69) is 34.4 Å². The second-order valence-electron chi connectivity index (χ2n) is 14.9. The molecular weight excluding hydrogens is 711 g/mol. The van der Waals surface area contributed by atoms with E-state index >= 15 is 0 Å². The molecule has 15 nitrogen and oxygen atoms in total. The van der Waals surface area contributed by atoms with Gasteiger partial charge in [0.1, 0.15) is 0 Å². The highest BCUT2D eigenvalue weighted by Gasteiger charge is 2.38. The molecule has 2 aromatic heterocycles. The molecule has 2 aromatic rings. The number of amides is 5. The van der Waals surface area contributed by atoms with Gasteiger partial charge in [-0.15, -0.1) is 0 Å². The summed E-state index contributed by atoms with van der Waals surface area (Å²) in [6.45, 7) is 6.36. The van der Waals surface area contributed by atoms with Crippen molar-refractivity contribution in [3.8, 4) is 0 Å². The number of alkyl halides is 1. The number of piperidine rings is 2. The molecule has 0 spiro atoms. The first-order valence-corrected chi connectivity index (χ1v) is 19.0. The van der Waals surface area contributed by atoms with Crippen molar-refractivity contribution in [1.29, 1.82) is 0 Å². The lowest BCUT2D eigenvalue weighted by atomic mass is 9.85. The monoisotopic (exact) mass is 769 g/mol. The van der Waals surface area contributed by atoms with Crippen molar-refractivity contribution in [2.24, 2.45) is 35.1 Å². The van der Waals surface area contributed by atoms with Crippen LogP contribution in [0.5, 0.6) is 0 Å². The number of carboxylic acids is 1. The number of hydrogen-bond donors (Lipinski definition) is 6. The molecule has 6 rings (SSSR count). The van der Waals surface area contributed by atoms with E-state index in [0.29, 0.717) is 24.1 Å². The Labute approximate surface area is 323 Å². The van der Waals surface area contributed by atoms with Crippen molar-refractivity contribution in [1.82, 2.24) is 20.2 Å². The van der Waals surface area contributed by atoms with Gasteiger partial charge in [0, 0.05) is 31.0 Å². The molecule has 16 heteroatoms. The van der Waals surface area contributed by atoms with Gasteiger partial charge in [-0.1, -0.05) is 39.5 Å². The van der Waals surface area contributed by atoms with Crippen molar-refractivity contribution >= 4 is 46.9 Å². The van der Waals surface area contributed by atoms with Crippen LogP contribution in [-0.4, -0.2) is 87.8 Å². The van der Waals surface area contributed by atoms with E-state index in [1.165, 1.54) is 94.8 Å². The maximum absolute atomic E-state index is 12.8. The van der Waals surface area contributed by atoms with Crippen LogP contribution in [0.15, 0.2) is 36.9 Å². The zero-order chi connectivity index (χ0) is 41.2. The molecule has 2 aliphatic heterocycles. The van der Waals surface area contributed by atoms with E-state index in [0.717, 1.165) is 43.6 Å². The van der Waals surface area contributed by atoms with Gasteiger partial charge in [0.2, 0.25) is 11.8 Å². The van der Waals surface area contributed by atoms with E-state index in [1.807, 2.05) is 5.32 Å². The molecule has 4 atom stereocenters. The molecule has 0 radical (unpaired) electrons. The molecule has 0 aromatic carbocycles. The summed E-state index contributed by atoms with van der Waals surface area (Å²) >= 11 is 0. The summed E-state index contributed by atoms with van der Waals surface area (Å²) in [6.07, 6.45) is 20.7. The Kier molecular flexibility index (Phi) is 17.4. The average molecular weight is 770 g/mol. The number of halogens is 1. The van der Waals surface area contributed by atoms with E-state index in [1.54, 1.807) is 4.90 Å². The minimum Gasteiger partial charge on any atom is -0.474 e. The van der Waals surface area contributed by atoms with Crippen LogP contribution in [0.3, 0.4) is 0 Å². The minimum absolute atomic E-state index is 0.0817. The van der Waals surface area contributed by atoms with Crippen LogP contribution < -0.4 is 27.4 Å². The minimum atomic E-state index is -1.63. The van der Waals surface area contributed by atoms with Crippen molar-refractivity contribution in [2.75, 3.05) is 30.9 Å². The van der Waals surface area contributed by atoms with E-state index < -0.39 is 42.7 Å². The van der Waals surface area contributed by atoms with E-state index in [-0.39, 0.29) is 22.9 Å². The number of carbonyl (C=O) groups excluding carboxylic acids is 5. The van der Waals surface area contributed by atoms with Gasteiger partial charge < -0.3 is 37.4 Å². The van der Waals surface area contributed by atoms with Crippen LogP contribution in [0.2, 0.25) is 0 Å². The lowest BCUT2D eigenvalue weighted by Gasteiger charge is -2.41. The molecule has 8 N–H and O–H groups in total. The number of nitrogens with two attached hydrogens (primary N) is 2. The van der Waals surface area contributed by atoms with Crippen LogP contribution in [0.25, 0.3) is 0 Å². The van der Waals surface area contributed by atoms with E-state index in [4.69, 9.17) is 17.9 Å². The van der Waals surface area contributed by atoms with Gasteiger partial charge in [-0.2, -0.15) is 0 Å². The third-order valence-electron chi connectivity index (χ3n) is 10.7. The second-order valence-corrected chi connectivity index (χ2v) is 14.9. The number of nitrogens with one attached hydrogen (secondary N) is 3. The fourth-order valence-electron chi connectivity index (χ4n) is 7.81. The number of carbonyl (C=O) groups is 6. The summed E-state index contributed by atoms with van der Waals surface area (Å²) in [6, 6.07) is 3.69. The van der Waals surface area contributed by atoms with Gasteiger partial charge in [-0.05, 0) is 93.7 Å². The summed E-state index contributed by atoms with van der Waals surface area (Å²) in [5, 5.41) is 16.6. The number of hydrogen-bond acceptors (Lipinski definition) is 9. The van der Waals surface area contributed by atoms with Crippen LogP contribution >= 0.6 is 0 Å². The summed E-state index contributed by atoms with van der Waals surface area (Å²) in [5.41, 5.74) is 10.8. The molecule has 0 bridgehead atoms. The maximum atomic E-state index is 12.8. The lowest BCUT2D eigenvalue weighted by Crippen LogP contribution is -2.52. The number of likely N-dealkylation sites (tertiary alicyclic amines) is 1. The number of anilines is 2. The molecule has 5 amide bonds. The molecule has 2 aliphatic carbocycles. The van der Waals surface area contributed by atoms with Crippen LogP contribution in [0.1, 0.15) is 113 Å². The van der Waals surface area contributed by atoms with E-state index in [9.17, 15) is 33.2 Å². The Morgan fingerprint density at radius 1 is 0.764 bits per heavy atom. The Morgan fingerprint density at radius 3 is 1.73 bits per heavy atom. The third kappa shape index (κ3) is 14.0. The van der Waals surface area contributed by atoms with Crippen LogP contribution in [0, 0.1) is 23.7 Å². The van der Waals surface area contributed by atoms with Crippen molar-refractivity contribution in [3.05, 3.63) is 48.0 Å². The number of aliphatic carboxylic acids is 1. The maximum Gasteiger partial charge on any atom is 0.394 e. The highest BCUT2D eigenvalue weighted by molar-refractivity contribution is 6.39. The first-order valence-electron chi connectivity index (χ1n) is 19.7. The van der Waals surface area contributed by atoms with Crippen molar-refractivity contribution < 1.29 is 39.6 Å². The first-order chi connectivity index (χ1) is 26.7. The topological polar surface area (TPSA) is 240 Å². The van der Waals surface area contributed by atoms with Gasteiger partial charge >= 0.3 is 23.7 Å². The molecule has 4 heterocycles. The van der Waals surface area contributed by atoms with Crippen molar-refractivity contribution in [2.45, 2.75) is 103 Å². The fourth-order valence-corrected chi connectivity index (χ4v) is 7.81. The number of nitrogens with zero attached hydrogens (tertiary/aromatic N) is 3. The number of rotatable bonds is 6. The molecule has 55 heavy (non-hydrogen) atoms. The zero-order valence-electron chi connectivity index (χ0n) is 32.8.